The van der Waals surface area contributed by atoms with Crippen molar-refractivity contribution in [3.63, 3.8) is 0 Å². The summed E-state index contributed by atoms with van der Waals surface area (Å²) in [4.78, 5) is 2.35. The fraction of sp³-hybridized carbons (Fsp3) is 0.500. The van der Waals surface area contributed by atoms with Crippen LogP contribution in [0.4, 0.5) is 0 Å². The van der Waals surface area contributed by atoms with Gasteiger partial charge in [-0.1, -0.05) is 6.07 Å². The number of benzene rings is 1. The molecular formula is C12H17BrN2O. The van der Waals surface area contributed by atoms with Crippen LogP contribution in [0.2, 0.25) is 0 Å². The summed E-state index contributed by atoms with van der Waals surface area (Å²) in [6, 6.07) is 6.69. The second-order valence-corrected chi connectivity index (χ2v) is 5.02. The maximum atomic E-state index is 5.23. The van der Waals surface area contributed by atoms with Gasteiger partial charge in [0.05, 0.1) is 11.6 Å². The van der Waals surface area contributed by atoms with Crippen LogP contribution in [-0.2, 0) is 0 Å². The van der Waals surface area contributed by atoms with E-state index in [-0.39, 0.29) is 0 Å². The molecular weight excluding hydrogens is 268 g/mol. The number of hydrogen-bond acceptors (Lipinski definition) is 3. The van der Waals surface area contributed by atoms with Crippen LogP contribution < -0.4 is 10.1 Å². The quantitative estimate of drug-likeness (QED) is 0.900. The molecule has 1 aliphatic rings. The summed E-state index contributed by atoms with van der Waals surface area (Å²) < 4.78 is 6.25. The average Bonchev–Trinajstić information content (AvgIpc) is 2.29. The minimum atomic E-state index is 0.418. The Morgan fingerprint density at radius 2 is 2.31 bits per heavy atom. The van der Waals surface area contributed by atoms with E-state index in [0.717, 1.165) is 29.9 Å². The van der Waals surface area contributed by atoms with Crippen molar-refractivity contribution >= 4 is 15.9 Å². The molecule has 1 aromatic carbocycles. The molecule has 1 saturated heterocycles. The van der Waals surface area contributed by atoms with E-state index >= 15 is 0 Å². The standard InChI is InChI=1S/C12H17BrN2O/c1-15-6-5-14-11(8-15)9-3-4-12(16-2)10(13)7-9/h3-4,7,11,14H,5-6,8H2,1-2H3. The van der Waals surface area contributed by atoms with E-state index in [1.165, 1.54) is 5.56 Å². The maximum absolute atomic E-state index is 5.23. The molecule has 0 saturated carbocycles. The Morgan fingerprint density at radius 1 is 1.50 bits per heavy atom. The van der Waals surface area contributed by atoms with Gasteiger partial charge in [-0.05, 0) is 40.7 Å². The van der Waals surface area contributed by atoms with Crippen LogP contribution in [0.3, 0.4) is 0 Å². The summed E-state index contributed by atoms with van der Waals surface area (Å²) in [5, 5.41) is 3.53. The third-order valence-electron chi connectivity index (χ3n) is 2.96. The summed E-state index contributed by atoms with van der Waals surface area (Å²) >= 11 is 3.52. The van der Waals surface area contributed by atoms with Crippen molar-refractivity contribution in [2.45, 2.75) is 6.04 Å². The van der Waals surface area contributed by atoms with Gasteiger partial charge in [0.2, 0.25) is 0 Å². The van der Waals surface area contributed by atoms with Crippen LogP contribution in [0.1, 0.15) is 11.6 Å². The second-order valence-electron chi connectivity index (χ2n) is 4.16. The number of nitrogens with one attached hydrogen (secondary N) is 1. The van der Waals surface area contributed by atoms with Crippen LogP contribution in [0.25, 0.3) is 0 Å². The lowest BCUT2D eigenvalue weighted by atomic mass is 10.0. The van der Waals surface area contributed by atoms with E-state index in [9.17, 15) is 0 Å². The molecule has 4 heteroatoms. The van der Waals surface area contributed by atoms with Gasteiger partial charge in [-0.15, -0.1) is 0 Å². The van der Waals surface area contributed by atoms with Crippen molar-refractivity contribution in [2.24, 2.45) is 0 Å². The van der Waals surface area contributed by atoms with E-state index in [1.807, 2.05) is 6.07 Å². The topological polar surface area (TPSA) is 24.5 Å². The van der Waals surface area contributed by atoms with Crippen LogP contribution in [0.5, 0.6) is 5.75 Å². The molecule has 0 spiro atoms. The highest BCUT2D eigenvalue weighted by Gasteiger charge is 2.18. The number of hydrogen-bond donors (Lipinski definition) is 1. The molecule has 0 aliphatic carbocycles. The van der Waals surface area contributed by atoms with Crippen molar-refractivity contribution in [1.29, 1.82) is 0 Å². The van der Waals surface area contributed by atoms with Gasteiger partial charge < -0.3 is 15.0 Å². The summed E-state index contributed by atoms with van der Waals surface area (Å²) in [5.41, 5.74) is 1.30. The summed E-state index contributed by atoms with van der Waals surface area (Å²) in [5.74, 6) is 0.882. The van der Waals surface area contributed by atoms with E-state index < -0.39 is 0 Å². The van der Waals surface area contributed by atoms with Gasteiger partial charge in [-0.3, -0.25) is 0 Å². The lowest BCUT2D eigenvalue weighted by Crippen LogP contribution is -2.43. The van der Waals surface area contributed by atoms with E-state index in [1.54, 1.807) is 7.11 Å². The Morgan fingerprint density at radius 3 is 2.94 bits per heavy atom. The molecule has 1 aliphatic heterocycles. The predicted molar refractivity (Wildman–Crippen MR) is 68.9 cm³/mol. The van der Waals surface area contributed by atoms with Crippen molar-refractivity contribution in [3.8, 4) is 5.75 Å². The summed E-state index contributed by atoms with van der Waals surface area (Å²) in [6.45, 7) is 3.22. The molecule has 1 N–H and O–H groups in total. The molecule has 88 valence electrons. The Balaban J connectivity index is 2.17. The number of likely N-dealkylation sites (N-methyl/N-ethyl adjacent to an activating group) is 1. The minimum Gasteiger partial charge on any atom is -0.496 e. The van der Waals surface area contributed by atoms with Gasteiger partial charge in [-0.2, -0.15) is 0 Å². The third-order valence-corrected chi connectivity index (χ3v) is 3.58. The number of piperazine rings is 1. The lowest BCUT2D eigenvalue weighted by molar-refractivity contribution is 0.240. The largest absolute Gasteiger partial charge is 0.496 e. The zero-order valence-corrected chi connectivity index (χ0v) is 11.3. The van der Waals surface area contributed by atoms with Gasteiger partial charge in [-0.25, -0.2) is 0 Å². The van der Waals surface area contributed by atoms with Gasteiger partial charge in [0.1, 0.15) is 5.75 Å². The highest BCUT2D eigenvalue weighted by molar-refractivity contribution is 9.10. The first-order chi connectivity index (χ1) is 7.70. The molecule has 1 atom stereocenters. The van der Waals surface area contributed by atoms with Crippen molar-refractivity contribution in [3.05, 3.63) is 28.2 Å². The third kappa shape index (κ3) is 2.56. The molecule has 1 unspecified atom stereocenters. The van der Waals surface area contributed by atoms with Crippen LogP contribution in [-0.4, -0.2) is 38.7 Å². The molecule has 16 heavy (non-hydrogen) atoms. The van der Waals surface area contributed by atoms with Crippen LogP contribution >= 0.6 is 15.9 Å². The highest BCUT2D eigenvalue weighted by Crippen LogP contribution is 2.28. The first-order valence-corrected chi connectivity index (χ1v) is 6.25. The SMILES string of the molecule is COc1ccc(C2CN(C)CCN2)cc1Br. The van der Waals surface area contributed by atoms with Crippen LogP contribution in [0.15, 0.2) is 22.7 Å². The van der Waals surface area contributed by atoms with Crippen molar-refractivity contribution < 1.29 is 4.74 Å². The van der Waals surface area contributed by atoms with Gasteiger partial charge >= 0.3 is 0 Å². The molecule has 1 aromatic rings. The zero-order valence-electron chi connectivity index (χ0n) is 9.66. The molecule has 1 fully saturated rings. The molecule has 1 heterocycles. The Kier molecular flexibility index (Phi) is 3.84. The van der Waals surface area contributed by atoms with E-state index in [0.29, 0.717) is 6.04 Å². The highest BCUT2D eigenvalue weighted by atomic mass is 79.9. The van der Waals surface area contributed by atoms with Crippen molar-refractivity contribution in [1.82, 2.24) is 10.2 Å². The molecule has 3 nitrogen and oxygen atoms in total. The Labute approximate surface area is 105 Å². The monoisotopic (exact) mass is 284 g/mol. The fourth-order valence-electron chi connectivity index (χ4n) is 2.02. The molecule has 0 radical (unpaired) electrons. The van der Waals surface area contributed by atoms with E-state index in [4.69, 9.17) is 4.74 Å². The lowest BCUT2D eigenvalue weighted by Gasteiger charge is -2.31. The number of ether oxygens (including phenoxy) is 1. The average molecular weight is 285 g/mol. The van der Waals surface area contributed by atoms with Crippen molar-refractivity contribution in [2.75, 3.05) is 33.8 Å². The molecule has 0 amide bonds. The Bertz CT molecular complexity index is 370. The summed E-state index contributed by atoms with van der Waals surface area (Å²) in [6.07, 6.45) is 0. The maximum Gasteiger partial charge on any atom is 0.133 e. The Hall–Kier alpha value is -0.580. The first-order valence-electron chi connectivity index (χ1n) is 5.46. The molecule has 2 rings (SSSR count). The predicted octanol–water partition coefficient (Wildman–Crippen LogP) is 2.03. The van der Waals surface area contributed by atoms with Gasteiger partial charge in [0.15, 0.2) is 0 Å². The number of methoxy groups -OCH3 is 1. The van der Waals surface area contributed by atoms with Gasteiger partial charge in [0, 0.05) is 25.7 Å². The number of rotatable bonds is 2. The van der Waals surface area contributed by atoms with Gasteiger partial charge in [0.25, 0.3) is 0 Å². The first kappa shape index (κ1) is 11.9. The summed E-state index contributed by atoms with van der Waals surface area (Å²) in [7, 11) is 3.85. The number of nitrogens with zero attached hydrogens (tertiary/aromatic N) is 1. The minimum absolute atomic E-state index is 0.418. The second kappa shape index (κ2) is 5.17. The normalized spacial score (nSPS) is 22.1. The molecule has 0 aromatic heterocycles. The van der Waals surface area contributed by atoms with E-state index in [2.05, 4.69) is 45.3 Å². The smallest absolute Gasteiger partial charge is 0.133 e. The zero-order chi connectivity index (χ0) is 11.5. The number of halogens is 1. The van der Waals surface area contributed by atoms with Crippen LogP contribution in [0, 0.1) is 0 Å². The molecule has 0 bridgehead atoms. The fourth-order valence-corrected chi connectivity index (χ4v) is 2.58.